The molecule has 0 amide bonds. The molecule has 0 aliphatic carbocycles. The molecule has 1 aliphatic heterocycles. The number of halogens is 1. The summed E-state index contributed by atoms with van der Waals surface area (Å²) in [6, 6.07) is 15.3. The van der Waals surface area contributed by atoms with E-state index in [4.69, 9.17) is 0 Å². The van der Waals surface area contributed by atoms with Gasteiger partial charge in [0.25, 0.3) is 0 Å². The van der Waals surface area contributed by atoms with Crippen LogP contribution in [0, 0.1) is 5.82 Å². The molecule has 0 saturated heterocycles. The summed E-state index contributed by atoms with van der Waals surface area (Å²) >= 11 is 0. The topological polar surface area (TPSA) is 15.3 Å². The number of hydrogen-bond acceptors (Lipinski definition) is 2. The Labute approximate surface area is 125 Å². The van der Waals surface area contributed by atoms with Crippen molar-refractivity contribution in [3.63, 3.8) is 0 Å². The molecule has 1 aliphatic rings. The molecule has 1 N–H and O–H groups in total. The Hall–Kier alpha value is -2.03. The summed E-state index contributed by atoms with van der Waals surface area (Å²) in [7, 11) is 0. The molecule has 0 radical (unpaired) electrons. The maximum atomic E-state index is 13.0. The number of nitrogens with zero attached hydrogens (tertiary/aromatic N) is 1. The number of anilines is 2. The standard InChI is InChI=1S/C18H21FN2/c1-2-21(16-9-7-15(19)8-10-16)12-11-14-13-20-18-6-4-3-5-17(14)18/h3-10,14,20H,2,11-13H2,1H3. The van der Waals surface area contributed by atoms with E-state index in [9.17, 15) is 4.39 Å². The van der Waals surface area contributed by atoms with Gasteiger partial charge in [0.2, 0.25) is 0 Å². The van der Waals surface area contributed by atoms with Gasteiger partial charge in [-0.1, -0.05) is 18.2 Å². The highest BCUT2D eigenvalue weighted by molar-refractivity contribution is 5.57. The van der Waals surface area contributed by atoms with Crippen molar-refractivity contribution in [3.8, 4) is 0 Å². The van der Waals surface area contributed by atoms with Crippen molar-refractivity contribution in [1.29, 1.82) is 0 Å². The molecular weight excluding hydrogens is 263 g/mol. The number of para-hydroxylation sites is 1. The van der Waals surface area contributed by atoms with Gasteiger partial charge in [0.1, 0.15) is 5.82 Å². The molecule has 1 heterocycles. The van der Waals surface area contributed by atoms with Crippen molar-refractivity contribution >= 4 is 11.4 Å². The molecule has 3 heteroatoms. The monoisotopic (exact) mass is 284 g/mol. The molecule has 1 atom stereocenters. The Bertz CT molecular complexity index is 594. The first-order valence-electron chi connectivity index (χ1n) is 7.61. The molecule has 2 aromatic carbocycles. The molecule has 110 valence electrons. The van der Waals surface area contributed by atoms with Crippen LogP contribution in [0.4, 0.5) is 15.8 Å². The zero-order valence-corrected chi connectivity index (χ0v) is 12.3. The van der Waals surface area contributed by atoms with Gasteiger partial charge in [-0.3, -0.25) is 0 Å². The summed E-state index contributed by atoms with van der Waals surface area (Å²) in [6.07, 6.45) is 1.11. The number of rotatable bonds is 5. The molecule has 3 rings (SSSR count). The van der Waals surface area contributed by atoms with Gasteiger partial charge in [0.05, 0.1) is 0 Å². The second-order valence-corrected chi connectivity index (χ2v) is 5.51. The number of benzene rings is 2. The molecule has 0 fully saturated rings. The molecule has 0 saturated carbocycles. The molecule has 2 nitrogen and oxygen atoms in total. The van der Waals surface area contributed by atoms with E-state index in [1.165, 1.54) is 23.4 Å². The quantitative estimate of drug-likeness (QED) is 0.883. The van der Waals surface area contributed by atoms with Crippen LogP contribution in [-0.2, 0) is 0 Å². The van der Waals surface area contributed by atoms with Crippen LogP contribution in [0.5, 0.6) is 0 Å². The van der Waals surface area contributed by atoms with Gasteiger partial charge >= 0.3 is 0 Å². The van der Waals surface area contributed by atoms with E-state index in [1.54, 1.807) is 0 Å². The van der Waals surface area contributed by atoms with Gasteiger partial charge in [-0.2, -0.15) is 0 Å². The SMILES string of the molecule is CCN(CCC1CNc2ccccc21)c1ccc(F)cc1. The first-order valence-corrected chi connectivity index (χ1v) is 7.61. The first-order chi connectivity index (χ1) is 10.3. The van der Waals surface area contributed by atoms with Crippen LogP contribution >= 0.6 is 0 Å². The fourth-order valence-corrected chi connectivity index (χ4v) is 3.05. The molecular formula is C18H21FN2. The van der Waals surface area contributed by atoms with Crippen LogP contribution in [-0.4, -0.2) is 19.6 Å². The summed E-state index contributed by atoms with van der Waals surface area (Å²) in [4.78, 5) is 2.31. The van der Waals surface area contributed by atoms with E-state index < -0.39 is 0 Å². The number of nitrogens with one attached hydrogen (secondary N) is 1. The average molecular weight is 284 g/mol. The molecule has 21 heavy (non-hydrogen) atoms. The summed E-state index contributed by atoms with van der Waals surface area (Å²) in [5.74, 6) is 0.388. The second-order valence-electron chi connectivity index (χ2n) is 5.51. The summed E-state index contributed by atoms with van der Waals surface area (Å²) in [6.45, 7) is 5.08. The number of hydrogen-bond donors (Lipinski definition) is 1. The van der Waals surface area contributed by atoms with Crippen molar-refractivity contribution in [2.24, 2.45) is 0 Å². The lowest BCUT2D eigenvalue weighted by Crippen LogP contribution is -2.25. The lowest BCUT2D eigenvalue weighted by molar-refractivity contribution is 0.625. The fourth-order valence-electron chi connectivity index (χ4n) is 3.05. The maximum Gasteiger partial charge on any atom is 0.123 e. The van der Waals surface area contributed by atoms with Crippen LogP contribution in [0.2, 0.25) is 0 Å². The van der Waals surface area contributed by atoms with Crippen LogP contribution < -0.4 is 10.2 Å². The highest BCUT2D eigenvalue weighted by Gasteiger charge is 2.21. The largest absolute Gasteiger partial charge is 0.384 e. The van der Waals surface area contributed by atoms with E-state index in [0.717, 1.165) is 31.7 Å². The van der Waals surface area contributed by atoms with E-state index in [-0.39, 0.29) is 5.82 Å². The maximum absolute atomic E-state index is 13.0. The minimum Gasteiger partial charge on any atom is -0.384 e. The number of fused-ring (bicyclic) bond motifs is 1. The van der Waals surface area contributed by atoms with Gasteiger partial charge in [-0.05, 0) is 49.2 Å². The van der Waals surface area contributed by atoms with Crippen LogP contribution in [0.25, 0.3) is 0 Å². The van der Waals surface area contributed by atoms with Gasteiger partial charge in [0.15, 0.2) is 0 Å². The first kappa shape index (κ1) is 13.9. The highest BCUT2D eigenvalue weighted by Crippen LogP contribution is 2.33. The van der Waals surface area contributed by atoms with Crippen molar-refractivity contribution < 1.29 is 4.39 Å². The minimum absolute atomic E-state index is 0.177. The van der Waals surface area contributed by atoms with Gasteiger partial charge in [0, 0.05) is 36.9 Å². The summed E-state index contributed by atoms with van der Waals surface area (Å²) in [5.41, 5.74) is 3.79. The van der Waals surface area contributed by atoms with Crippen molar-refractivity contribution in [2.45, 2.75) is 19.3 Å². The van der Waals surface area contributed by atoms with Crippen molar-refractivity contribution in [2.75, 3.05) is 29.9 Å². The fraction of sp³-hybridized carbons (Fsp3) is 0.333. The van der Waals surface area contributed by atoms with Crippen LogP contribution in [0.1, 0.15) is 24.8 Å². The molecule has 0 aromatic heterocycles. The predicted molar refractivity (Wildman–Crippen MR) is 86.6 cm³/mol. The zero-order chi connectivity index (χ0) is 14.7. The lowest BCUT2D eigenvalue weighted by Gasteiger charge is -2.24. The zero-order valence-electron chi connectivity index (χ0n) is 12.3. The molecule has 1 unspecified atom stereocenters. The van der Waals surface area contributed by atoms with Crippen LogP contribution in [0.15, 0.2) is 48.5 Å². The Balaban J connectivity index is 1.65. The third-order valence-corrected chi connectivity index (χ3v) is 4.26. The van der Waals surface area contributed by atoms with Gasteiger partial charge in [-0.25, -0.2) is 4.39 Å². The Morgan fingerprint density at radius 1 is 1.14 bits per heavy atom. The molecule has 2 aromatic rings. The summed E-state index contributed by atoms with van der Waals surface area (Å²) in [5, 5.41) is 3.47. The normalized spacial score (nSPS) is 16.4. The Morgan fingerprint density at radius 3 is 2.67 bits per heavy atom. The lowest BCUT2D eigenvalue weighted by atomic mass is 9.97. The average Bonchev–Trinajstić information content (AvgIpc) is 2.93. The highest BCUT2D eigenvalue weighted by atomic mass is 19.1. The second kappa shape index (κ2) is 6.17. The van der Waals surface area contributed by atoms with Gasteiger partial charge < -0.3 is 10.2 Å². The molecule has 0 bridgehead atoms. The minimum atomic E-state index is -0.177. The Morgan fingerprint density at radius 2 is 1.90 bits per heavy atom. The predicted octanol–water partition coefficient (Wildman–Crippen LogP) is 4.25. The smallest absolute Gasteiger partial charge is 0.123 e. The van der Waals surface area contributed by atoms with E-state index in [2.05, 4.69) is 41.4 Å². The van der Waals surface area contributed by atoms with Crippen molar-refractivity contribution in [3.05, 3.63) is 59.9 Å². The van der Waals surface area contributed by atoms with E-state index in [0.29, 0.717) is 5.92 Å². The molecule has 0 spiro atoms. The van der Waals surface area contributed by atoms with E-state index in [1.807, 2.05) is 12.1 Å². The van der Waals surface area contributed by atoms with E-state index >= 15 is 0 Å². The van der Waals surface area contributed by atoms with Crippen LogP contribution in [0.3, 0.4) is 0 Å². The van der Waals surface area contributed by atoms with Gasteiger partial charge in [-0.15, -0.1) is 0 Å². The third-order valence-electron chi connectivity index (χ3n) is 4.26. The van der Waals surface area contributed by atoms with Crippen molar-refractivity contribution in [1.82, 2.24) is 0 Å². The Kier molecular flexibility index (Phi) is 4.09. The summed E-state index contributed by atoms with van der Waals surface area (Å²) < 4.78 is 13.0. The third kappa shape index (κ3) is 3.02.